The first-order valence-corrected chi connectivity index (χ1v) is 9.59. The highest BCUT2D eigenvalue weighted by molar-refractivity contribution is 9.10. The quantitative estimate of drug-likeness (QED) is 0.296. The van der Waals surface area contributed by atoms with Gasteiger partial charge in [-0.05, 0) is 67.8 Å². The fraction of sp³-hybridized carbons (Fsp3) is 0. The first-order chi connectivity index (χ1) is 13.3. The van der Waals surface area contributed by atoms with E-state index in [4.69, 9.17) is 0 Å². The van der Waals surface area contributed by atoms with Crippen LogP contribution in [0.15, 0.2) is 95.7 Å². The van der Waals surface area contributed by atoms with Crippen LogP contribution in [0.4, 0.5) is 0 Å². The Balaban J connectivity index is 1.90. The van der Waals surface area contributed by atoms with Gasteiger partial charge < -0.3 is 0 Å². The number of hydrogen-bond acceptors (Lipinski definition) is 2. The molecule has 0 aliphatic carbocycles. The van der Waals surface area contributed by atoms with E-state index in [2.05, 4.69) is 80.5 Å². The molecule has 27 heavy (non-hydrogen) atoms. The molecule has 0 N–H and O–H groups in total. The molecule has 2 heterocycles. The van der Waals surface area contributed by atoms with Crippen molar-refractivity contribution in [3.05, 3.63) is 95.7 Å². The van der Waals surface area contributed by atoms with Crippen molar-refractivity contribution < 1.29 is 0 Å². The largest absolute Gasteiger partial charge is 0.256 e. The van der Waals surface area contributed by atoms with Crippen LogP contribution in [-0.4, -0.2) is 9.97 Å². The van der Waals surface area contributed by atoms with Crippen LogP contribution in [0.1, 0.15) is 0 Å². The molecule has 0 aliphatic rings. The normalized spacial score (nSPS) is 11.1. The molecule has 5 aromatic rings. The Morgan fingerprint density at radius 1 is 0.519 bits per heavy atom. The van der Waals surface area contributed by atoms with Crippen molar-refractivity contribution in [1.82, 2.24) is 9.97 Å². The minimum Gasteiger partial charge on any atom is -0.256 e. The van der Waals surface area contributed by atoms with Crippen molar-refractivity contribution in [2.75, 3.05) is 0 Å². The van der Waals surface area contributed by atoms with Gasteiger partial charge in [-0.25, -0.2) is 0 Å². The molecule has 0 fully saturated rings. The van der Waals surface area contributed by atoms with E-state index < -0.39 is 0 Å². The molecule has 0 saturated carbocycles. The Morgan fingerprint density at radius 3 is 1.48 bits per heavy atom. The summed E-state index contributed by atoms with van der Waals surface area (Å²) in [7, 11) is 0. The van der Waals surface area contributed by atoms with Gasteiger partial charge in [0, 0.05) is 28.0 Å². The Bertz CT molecular complexity index is 1170. The number of hydrogen-bond donors (Lipinski definition) is 0. The van der Waals surface area contributed by atoms with Gasteiger partial charge in [0.2, 0.25) is 0 Å². The van der Waals surface area contributed by atoms with E-state index in [-0.39, 0.29) is 0 Å². The highest BCUT2D eigenvalue weighted by Gasteiger charge is 2.13. The Kier molecular flexibility index (Phi) is 3.95. The highest BCUT2D eigenvalue weighted by Crippen LogP contribution is 2.40. The van der Waals surface area contributed by atoms with E-state index in [1.165, 1.54) is 21.5 Å². The maximum Gasteiger partial charge on any atom is 0.0708 e. The van der Waals surface area contributed by atoms with Gasteiger partial charge in [-0.1, -0.05) is 48.5 Å². The molecular weight excluding hydrogens is 396 g/mol. The smallest absolute Gasteiger partial charge is 0.0708 e. The summed E-state index contributed by atoms with van der Waals surface area (Å²) in [4.78, 5) is 9.12. The van der Waals surface area contributed by atoms with E-state index in [1.807, 2.05) is 36.7 Å². The lowest BCUT2D eigenvalue weighted by Gasteiger charge is -2.13. The molecule has 0 amide bonds. The van der Waals surface area contributed by atoms with Gasteiger partial charge in [0.25, 0.3) is 0 Å². The van der Waals surface area contributed by atoms with Gasteiger partial charge in [-0.2, -0.15) is 0 Å². The number of fused-ring (bicyclic) bond motifs is 2. The first-order valence-electron chi connectivity index (χ1n) is 8.80. The minimum absolute atomic E-state index is 0.977. The average Bonchev–Trinajstić information content (AvgIpc) is 2.74. The van der Waals surface area contributed by atoms with Crippen molar-refractivity contribution in [2.24, 2.45) is 0 Å². The van der Waals surface area contributed by atoms with E-state index in [0.29, 0.717) is 0 Å². The summed E-state index contributed by atoms with van der Waals surface area (Å²) in [6.45, 7) is 0. The second-order valence-corrected chi connectivity index (χ2v) is 7.21. The molecule has 0 unspecified atom stereocenters. The van der Waals surface area contributed by atoms with E-state index in [0.717, 1.165) is 27.0 Å². The van der Waals surface area contributed by atoms with E-state index in [1.54, 1.807) is 0 Å². The zero-order valence-electron chi connectivity index (χ0n) is 14.4. The predicted octanol–water partition coefficient (Wildman–Crippen LogP) is 6.88. The monoisotopic (exact) mass is 410 g/mol. The Hall–Kier alpha value is -3.04. The van der Waals surface area contributed by atoms with E-state index >= 15 is 0 Å². The first kappa shape index (κ1) is 16.2. The zero-order valence-corrected chi connectivity index (χ0v) is 16.0. The molecule has 0 atom stereocenters. The summed E-state index contributed by atoms with van der Waals surface area (Å²) >= 11 is 3.86. The van der Waals surface area contributed by atoms with Crippen molar-refractivity contribution >= 4 is 37.5 Å². The van der Waals surface area contributed by atoms with Crippen molar-refractivity contribution in [3.63, 3.8) is 0 Å². The molecule has 128 valence electrons. The maximum atomic E-state index is 4.56. The zero-order chi connectivity index (χ0) is 18.2. The number of nitrogens with zero attached hydrogens (tertiary/aromatic N) is 2. The van der Waals surface area contributed by atoms with Crippen LogP contribution in [-0.2, 0) is 0 Å². The van der Waals surface area contributed by atoms with Crippen LogP contribution in [0.3, 0.4) is 0 Å². The number of halogens is 1. The topological polar surface area (TPSA) is 25.8 Å². The van der Waals surface area contributed by atoms with E-state index in [9.17, 15) is 0 Å². The number of benzene rings is 3. The summed E-state index contributed by atoms with van der Waals surface area (Å²) in [5.41, 5.74) is 4.22. The van der Waals surface area contributed by atoms with Gasteiger partial charge in [0.1, 0.15) is 0 Å². The Morgan fingerprint density at radius 2 is 1.04 bits per heavy atom. The fourth-order valence-electron chi connectivity index (χ4n) is 3.60. The third-order valence-corrected chi connectivity index (χ3v) is 5.71. The SMILES string of the molecule is Brc1c2cccc(-c3ccccn3)c2cc2c(-c3ccccn3)cccc12. The summed E-state index contributed by atoms with van der Waals surface area (Å²) in [5, 5.41) is 4.73. The lowest BCUT2D eigenvalue weighted by atomic mass is 9.94. The molecule has 0 aliphatic heterocycles. The summed E-state index contributed by atoms with van der Waals surface area (Å²) in [5.74, 6) is 0. The predicted molar refractivity (Wildman–Crippen MR) is 116 cm³/mol. The number of aromatic nitrogens is 2. The fourth-order valence-corrected chi connectivity index (χ4v) is 4.30. The molecule has 3 aromatic carbocycles. The second kappa shape index (κ2) is 6.60. The average molecular weight is 411 g/mol. The second-order valence-electron chi connectivity index (χ2n) is 6.42. The van der Waals surface area contributed by atoms with Gasteiger partial charge >= 0.3 is 0 Å². The molecule has 2 nitrogen and oxygen atoms in total. The van der Waals surface area contributed by atoms with Crippen molar-refractivity contribution in [1.29, 1.82) is 0 Å². The highest BCUT2D eigenvalue weighted by atomic mass is 79.9. The third kappa shape index (κ3) is 2.71. The molecule has 5 rings (SSSR count). The molecule has 0 saturated heterocycles. The standard InChI is InChI=1S/C24H15BrN2/c25-24-18-9-5-7-16(22-11-1-3-13-26-22)20(18)15-21-17(8-6-10-19(21)24)23-12-2-4-14-27-23/h1-15H. The third-order valence-electron chi connectivity index (χ3n) is 4.86. The van der Waals surface area contributed by atoms with Crippen LogP contribution >= 0.6 is 15.9 Å². The molecular formula is C24H15BrN2. The van der Waals surface area contributed by atoms with Gasteiger partial charge in [-0.15, -0.1) is 0 Å². The van der Waals surface area contributed by atoms with Gasteiger partial charge in [-0.3, -0.25) is 9.97 Å². The molecule has 0 bridgehead atoms. The van der Waals surface area contributed by atoms with Crippen LogP contribution < -0.4 is 0 Å². The van der Waals surface area contributed by atoms with Crippen LogP contribution in [0.5, 0.6) is 0 Å². The van der Waals surface area contributed by atoms with Gasteiger partial charge in [0.05, 0.1) is 11.4 Å². The van der Waals surface area contributed by atoms with Crippen LogP contribution in [0.2, 0.25) is 0 Å². The number of rotatable bonds is 2. The summed E-state index contributed by atoms with van der Waals surface area (Å²) in [6, 6.07) is 27.1. The lowest BCUT2D eigenvalue weighted by Crippen LogP contribution is -1.89. The summed E-state index contributed by atoms with van der Waals surface area (Å²) < 4.78 is 1.10. The number of pyridine rings is 2. The molecule has 0 spiro atoms. The van der Waals surface area contributed by atoms with Crippen molar-refractivity contribution in [2.45, 2.75) is 0 Å². The molecule has 2 aromatic heterocycles. The van der Waals surface area contributed by atoms with Gasteiger partial charge in [0.15, 0.2) is 0 Å². The minimum atomic E-state index is 0.977. The lowest BCUT2D eigenvalue weighted by molar-refractivity contribution is 1.33. The van der Waals surface area contributed by atoms with Crippen molar-refractivity contribution in [3.8, 4) is 22.5 Å². The molecule has 3 heteroatoms. The maximum absolute atomic E-state index is 4.56. The van der Waals surface area contributed by atoms with Crippen LogP contribution in [0, 0.1) is 0 Å². The van der Waals surface area contributed by atoms with Crippen LogP contribution in [0.25, 0.3) is 44.1 Å². The Labute approximate surface area is 165 Å². The molecule has 0 radical (unpaired) electrons. The summed E-state index contributed by atoms with van der Waals surface area (Å²) in [6.07, 6.45) is 3.67.